The molecular formula is C21H23NO4. The van der Waals surface area contributed by atoms with Crippen LogP contribution < -0.4 is 19.5 Å². The number of ether oxygens (including phenoxy) is 3. The zero-order valence-electron chi connectivity index (χ0n) is 15.5. The third-order valence-corrected chi connectivity index (χ3v) is 4.20. The number of aryl methyl sites for hydroxylation is 3. The summed E-state index contributed by atoms with van der Waals surface area (Å²) >= 11 is 0. The van der Waals surface area contributed by atoms with Gasteiger partial charge in [-0.3, -0.25) is 4.79 Å². The van der Waals surface area contributed by atoms with Crippen molar-refractivity contribution in [2.75, 3.05) is 25.6 Å². The summed E-state index contributed by atoms with van der Waals surface area (Å²) in [6.45, 7) is 7.02. The van der Waals surface area contributed by atoms with E-state index in [0.717, 1.165) is 22.4 Å². The number of nitrogens with one attached hydrogen (secondary N) is 1. The second kappa shape index (κ2) is 7.52. The van der Waals surface area contributed by atoms with Gasteiger partial charge in [0.1, 0.15) is 13.2 Å². The van der Waals surface area contributed by atoms with Crippen LogP contribution in [0.1, 0.15) is 22.3 Å². The maximum absolute atomic E-state index is 12.3. The minimum atomic E-state index is -0.186. The molecule has 0 saturated heterocycles. The quantitative estimate of drug-likeness (QED) is 0.843. The lowest BCUT2D eigenvalue weighted by Crippen LogP contribution is -2.16. The Labute approximate surface area is 153 Å². The number of amides is 1. The fourth-order valence-electron chi connectivity index (χ4n) is 3.10. The smallest absolute Gasteiger partial charge is 0.248 e. The van der Waals surface area contributed by atoms with Gasteiger partial charge < -0.3 is 19.5 Å². The van der Waals surface area contributed by atoms with E-state index in [1.807, 2.05) is 32.9 Å². The van der Waals surface area contributed by atoms with E-state index in [9.17, 15) is 4.79 Å². The molecule has 0 aromatic heterocycles. The first-order valence-electron chi connectivity index (χ1n) is 8.52. The van der Waals surface area contributed by atoms with Crippen LogP contribution >= 0.6 is 0 Å². The average molecular weight is 353 g/mol. The summed E-state index contributed by atoms with van der Waals surface area (Å²) in [5.41, 5.74) is 4.93. The van der Waals surface area contributed by atoms with Crippen LogP contribution in [0.3, 0.4) is 0 Å². The predicted molar refractivity (Wildman–Crippen MR) is 102 cm³/mol. The molecule has 0 saturated carbocycles. The number of fused-ring (bicyclic) bond motifs is 1. The Hall–Kier alpha value is -2.95. The molecule has 2 aromatic carbocycles. The molecule has 1 aliphatic rings. The number of rotatable bonds is 4. The Bertz CT molecular complexity index is 830. The van der Waals surface area contributed by atoms with E-state index < -0.39 is 0 Å². The van der Waals surface area contributed by atoms with Gasteiger partial charge in [0.15, 0.2) is 11.5 Å². The third kappa shape index (κ3) is 3.82. The van der Waals surface area contributed by atoms with E-state index >= 15 is 0 Å². The summed E-state index contributed by atoms with van der Waals surface area (Å²) in [5, 5.41) is 2.95. The van der Waals surface area contributed by atoms with E-state index in [1.54, 1.807) is 13.2 Å². The normalized spacial score (nSPS) is 12.9. The lowest BCUT2D eigenvalue weighted by molar-refractivity contribution is -0.111. The Kier molecular flexibility index (Phi) is 5.16. The van der Waals surface area contributed by atoms with Crippen molar-refractivity contribution in [3.05, 3.63) is 52.6 Å². The molecule has 0 atom stereocenters. The first kappa shape index (κ1) is 17.9. The van der Waals surface area contributed by atoms with Crippen molar-refractivity contribution in [1.29, 1.82) is 0 Å². The van der Waals surface area contributed by atoms with Crippen LogP contribution in [0, 0.1) is 20.8 Å². The van der Waals surface area contributed by atoms with Gasteiger partial charge in [0.25, 0.3) is 0 Å². The zero-order chi connectivity index (χ0) is 18.7. The second-order valence-electron chi connectivity index (χ2n) is 6.34. The summed E-state index contributed by atoms with van der Waals surface area (Å²) in [4.78, 5) is 12.3. The highest BCUT2D eigenvalue weighted by Crippen LogP contribution is 2.40. The summed E-state index contributed by atoms with van der Waals surface area (Å²) in [6.07, 6.45) is 3.23. The summed E-state index contributed by atoms with van der Waals surface area (Å²) in [7, 11) is 1.58. The van der Waals surface area contributed by atoms with Crippen molar-refractivity contribution < 1.29 is 19.0 Å². The lowest BCUT2D eigenvalue weighted by Gasteiger charge is -2.20. The van der Waals surface area contributed by atoms with Gasteiger partial charge in [-0.15, -0.1) is 0 Å². The molecule has 0 unspecified atom stereocenters. The SMILES string of the molecule is COc1cc(/C=C/C(=O)Nc2c(C)cc(C)cc2C)cc2c1OCCO2. The molecule has 0 fully saturated rings. The number of hydrogen-bond acceptors (Lipinski definition) is 4. The van der Waals surface area contributed by atoms with Crippen molar-refractivity contribution in [3.8, 4) is 17.2 Å². The zero-order valence-corrected chi connectivity index (χ0v) is 15.5. The third-order valence-electron chi connectivity index (χ3n) is 4.20. The first-order chi connectivity index (χ1) is 12.5. The monoisotopic (exact) mass is 353 g/mol. The Morgan fingerprint density at radius 2 is 1.77 bits per heavy atom. The largest absolute Gasteiger partial charge is 0.493 e. The van der Waals surface area contributed by atoms with Crippen LogP contribution in [0.25, 0.3) is 6.08 Å². The van der Waals surface area contributed by atoms with E-state index in [0.29, 0.717) is 30.5 Å². The summed E-state index contributed by atoms with van der Waals surface area (Å²) in [6, 6.07) is 7.76. The molecule has 0 radical (unpaired) electrons. The second-order valence-corrected chi connectivity index (χ2v) is 6.34. The van der Waals surface area contributed by atoms with Crippen LogP contribution in [-0.4, -0.2) is 26.2 Å². The fraction of sp³-hybridized carbons (Fsp3) is 0.286. The van der Waals surface area contributed by atoms with Gasteiger partial charge in [0, 0.05) is 11.8 Å². The van der Waals surface area contributed by atoms with Gasteiger partial charge in [-0.1, -0.05) is 17.7 Å². The number of anilines is 1. The van der Waals surface area contributed by atoms with Gasteiger partial charge in [-0.2, -0.15) is 0 Å². The minimum absolute atomic E-state index is 0.186. The van der Waals surface area contributed by atoms with E-state index in [4.69, 9.17) is 14.2 Å². The molecule has 0 spiro atoms. The van der Waals surface area contributed by atoms with Crippen molar-refractivity contribution in [2.45, 2.75) is 20.8 Å². The van der Waals surface area contributed by atoms with Gasteiger partial charge in [-0.05, 0) is 55.7 Å². The molecule has 2 aromatic rings. The first-order valence-corrected chi connectivity index (χ1v) is 8.52. The number of carbonyl (C=O) groups excluding carboxylic acids is 1. The van der Waals surface area contributed by atoms with Gasteiger partial charge in [-0.25, -0.2) is 0 Å². The highest BCUT2D eigenvalue weighted by molar-refractivity contribution is 6.02. The van der Waals surface area contributed by atoms with E-state index in [1.165, 1.54) is 11.6 Å². The molecule has 0 aliphatic carbocycles. The van der Waals surface area contributed by atoms with E-state index in [-0.39, 0.29) is 5.91 Å². The maximum atomic E-state index is 12.3. The number of methoxy groups -OCH3 is 1. The molecule has 0 bridgehead atoms. The van der Waals surface area contributed by atoms with Crippen LogP contribution in [0.2, 0.25) is 0 Å². The molecule has 1 N–H and O–H groups in total. The maximum Gasteiger partial charge on any atom is 0.248 e. The molecule has 1 amide bonds. The molecule has 3 rings (SSSR count). The average Bonchev–Trinajstić information content (AvgIpc) is 2.62. The lowest BCUT2D eigenvalue weighted by atomic mass is 10.1. The number of benzene rings is 2. The van der Waals surface area contributed by atoms with Crippen molar-refractivity contribution >= 4 is 17.7 Å². The van der Waals surface area contributed by atoms with E-state index in [2.05, 4.69) is 17.4 Å². The molecule has 1 aliphatic heterocycles. The van der Waals surface area contributed by atoms with Crippen LogP contribution in [-0.2, 0) is 4.79 Å². The molecule has 5 nitrogen and oxygen atoms in total. The molecular weight excluding hydrogens is 330 g/mol. The molecule has 136 valence electrons. The summed E-state index contributed by atoms with van der Waals surface area (Å²) in [5.74, 6) is 1.63. The standard InChI is InChI=1S/C21H23NO4/c1-13-9-14(2)20(15(3)10-13)22-19(23)6-5-16-11-17(24-4)21-18(12-16)25-7-8-26-21/h5-6,9-12H,7-8H2,1-4H3,(H,22,23)/b6-5+. The fourth-order valence-corrected chi connectivity index (χ4v) is 3.10. The van der Waals surface area contributed by atoms with Gasteiger partial charge in [0.05, 0.1) is 7.11 Å². The Morgan fingerprint density at radius 3 is 2.46 bits per heavy atom. The van der Waals surface area contributed by atoms with Crippen molar-refractivity contribution in [1.82, 2.24) is 0 Å². The number of carbonyl (C=O) groups is 1. The Balaban J connectivity index is 1.79. The van der Waals surface area contributed by atoms with Crippen LogP contribution in [0.15, 0.2) is 30.3 Å². The minimum Gasteiger partial charge on any atom is -0.493 e. The summed E-state index contributed by atoms with van der Waals surface area (Å²) < 4.78 is 16.6. The molecule has 5 heteroatoms. The number of hydrogen-bond donors (Lipinski definition) is 1. The molecule has 1 heterocycles. The van der Waals surface area contributed by atoms with Gasteiger partial charge in [0.2, 0.25) is 11.7 Å². The highest BCUT2D eigenvalue weighted by Gasteiger charge is 2.17. The van der Waals surface area contributed by atoms with Crippen LogP contribution in [0.4, 0.5) is 5.69 Å². The van der Waals surface area contributed by atoms with Crippen molar-refractivity contribution in [3.63, 3.8) is 0 Å². The molecule has 26 heavy (non-hydrogen) atoms. The predicted octanol–water partition coefficient (Wildman–Crippen LogP) is 4.04. The highest BCUT2D eigenvalue weighted by atomic mass is 16.6. The topological polar surface area (TPSA) is 56.8 Å². The van der Waals surface area contributed by atoms with Gasteiger partial charge >= 0.3 is 0 Å². The van der Waals surface area contributed by atoms with Crippen molar-refractivity contribution in [2.24, 2.45) is 0 Å². The Morgan fingerprint density at radius 1 is 1.08 bits per heavy atom. The van der Waals surface area contributed by atoms with Crippen LogP contribution in [0.5, 0.6) is 17.2 Å².